The van der Waals surface area contributed by atoms with Gasteiger partial charge >= 0.3 is 0 Å². The molecule has 33 heavy (non-hydrogen) atoms. The topological polar surface area (TPSA) is 98.5 Å². The van der Waals surface area contributed by atoms with Crippen LogP contribution in [0.25, 0.3) is 0 Å². The SMILES string of the molecule is C[C@@H]1NC[C@@H](c2ccccc2)S(=O)(=O)C1Cc1cc(F)c([C@@H](OCC2CC2)C(N)=O)cc1F. The fourth-order valence-corrected chi connectivity index (χ4v) is 6.69. The van der Waals surface area contributed by atoms with Crippen LogP contribution in [0, 0.1) is 17.6 Å². The molecule has 2 aliphatic rings. The molecule has 0 aromatic heterocycles. The van der Waals surface area contributed by atoms with Crippen LogP contribution in [0.5, 0.6) is 0 Å². The van der Waals surface area contributed by atoms with E-state index in [0.29, 0.717) is 11.5 Å². The summed E-state index contributed by atoms with van der Waals surface area (Å²) in [5.41, 5.74) is 5.67. The van der Waals surface area contributed by atoms with Gasteiger partial charge < -0.3 is 15.8 Å². The van der Waals surface area contributed by atoms with Crippen LogP contribution in [-0.2, 0) is 25.8 Å². The maximum atomic E-state index is 15.0. The quantitative estimate of drug-likeness (QED) is 0.608. The number of hydrogen-bond acceptors (Lipinski definition) is 5. The van der Waals surface area contributed by atoms with Crippen LogP contribution < -0.4 is 11.1 Å². The first-order valence-corrected chi connectivity index (χ1v) is 12.7. The Morgan fingerprint density at radius 1 is 1.18 bits per heavy atom. The van der Waals surface area contributed by atoms with Crippen molar-refractivity contribution >= 4 is 15.7 Å². The second-order valence-corrected chi connectivity index (χ2v) is 11.3. The lowest BCUT2D eigenvalue weighted by molar-refractivity contribution is -0.130. The van der Waals surface area contributed by atoms with Crippen molar-refractivity contribution in [2.45, 2.75) is 48.8 Å². The molecule has 0 spiro atoms. The molecule has 1 heterocycles. The van der Waals surface area contributed by atoms with E-state index in [1.165, 1.54) is 0 Å². The molecule has 4 atom stereocenters. The molecule has 2 fully saturated rings. The summed E-state index contributed by atoms with van der Waals surface area (Å²) in [4.78, 5) is 11.8. The maximum Gasteiger partial charge on any atom is 0.251 e. The molecule has 2 aromatic carbocycles. The average Bonchev–Trinajstić information content (AvgIpc) is 3.59. The van der Waals surface area contributed by atoms with Gasteiger partial charge in [0.2, 0.25) is 0 Å². The second kappa shape index (κ2) is 9.48. The zero-order valence-electron chi connectivity index (χ0n) is 18.3. The van der Waals surface area contributed by atoms with Crippen molar-refractivity contribution < 1.29 is 26.7 Å². The highest BCUT2D eigenvalue weighted by Gasteiger charge is 2.43. The second-order valence-electron chi connectivity index (χ2n) is 8.95. The van der Waals surface area contributed by atoms with E-state index in [-0.39, 0.29) is 30.7 Å². The Labute approximate surface area is 192 Å². The summed E-state index contributed by atoms with van der Waals surface area (Å²) in [5, 5.41) is 1.47. The molecule has 3 N–H and O–H groups in total. The maximum absolute atomic E-state index is 15.0. The number of halogens is 2. The minimum Gasteiger partial charge on any atom is -0.367 e. The van der Waals surface area contributed by atoms with Gasteiger partial charge in [-0.05, 0) is 55.4 Å². The standard InChI is InChI=1S/C24H28F2N2O4S/c1-14-21(33(30,31)22(12-28-14)16-5-3-2-4-6-16)10-17-9-20(26)18(11-19(17)25)23(24(27)29)32-13-15-7-8-15/h2-6,9,11,14-15,21-23,28H,7-8,10,12-13H2,1H3,(H2,27,29)/t14-,21?,22-,23+/m0/s1. The number of ether oxygens (including phenoxy) is 1. The van der Waals surface area contributed by atoms with Gasteiger partial charge in [-0.25, -0.2) is 17.2 Å². The van der Waals surface area contributed by atoms with Crippen molar-refractivity contribution in [2.24, 2.45) is 11.7 Å². The molecule has 1 amide bonds. The van der Waals surface area contributed by atoms with Crippen LogP contribution in [0.15, 0.2) is 42.5 Å². The molecular weight excluding hydrogens is 450 g/mol. The van der Waals surface area contributed by atoms with E-state index in [1.54, 1.807) is 37.3 Å². The predicted octanol–water partition coefficient (Wildman–Crippen LogP) is 2.98. The lowest BCUT2D eigenvalue weighted by Crippen LogP contribution is -2.53. The highest BCUT2D eigenvalue weighted by Crippen LogP contribution is 2.34. The molecule has 1 aliphatic carbocycles. The highest BCUT2D eigenvalue weighted by molar-refractivity contribution is 7.92. The number of amides is 1. The van der Waals surface area contributed by atoms with E-state index in [1.807, 2.05) is 0 Å². The molecule has 1 saturated carbocycles. The summed E-state index contributed by atoms with van der Waals surface area (Å²) in [5.74, 6) is -2.24. The molecule has 9 heteroatoms. The molecule has 178 valence electrons. The number of primary amides is 1. The van der Waals surface area contributed by atoms with Gasteiger partial charge in [0.25, 0.3) is 5.91 Å². The van der Waals surface area contributed by atoms with E-state index in [2.05, 4.69) is 5.32 Å². The third kappa shape index (κ3) is 5.10. The summed E-state index contributed by atoms with van der Waals surface area (Å²) in [6.07, 6.45) is 0.337. The van der Waals surface area contributed by atoms with E-state index >= 15 is 4.39 Å². The summed E-state index contributed by atoms with van der Waals surface area (Å²) >= 11 is 0. The Morgan fingerprint density at radius 3 is 2.52 bits per heavy atom. The van der Waals surface area contributed by atoms with E-state index in [9.17, 15) is 17.6 Å². The van der Waals surface area contributed by atoms with Crippen LogP contribution in [0.1, 0.15) is 47.8 Å². The number of nitrogens with two attached hydrogens (primary N) is 1. The number of nitrogens with one attached hydrogen (secondary N) is 1. The van der Waals surface area contributed by atoms with Crippen molar-refractivity contribution in [3.63, 3.8) is 0 Å². The lowest BCUT2D eigenvalue weighted by Gasteiger charge is -2.35. The van der Waals surface area contributed by atoms with E-state index in [0.717, 1.165) is 25.0 Å². The van der Waals surface area contributed by atoms with Gasteiger partial charge in [-0.3, -0.25) is 4.79 Å². The fraction of sp³-hybridized carbons (Fsp3) is 0.458. The van der Waals surface area contributed by atoms with Gasteiger partial charge in [0.15, 0.2) is 15.9 Å². The first-order valence-electron chi connectivity index (χ1n) is 11.1. The Hall–Kier alpha value is -2.36. The summed E-state index contributed by atoms with van der Waals surface area (Å²) in [6, 6.07) is 10.2. The van der Waals surface area contributed by atoms with E-state index in [4.69, 9.17) is 10.5 Å². The largest absolute Gasteiger partial charge is 0.367 e. The van der Waals surface area contributed by atoms with Crippen molar-refractivity contribution in [1.29, 1.82) is 0 Å². The molecule has 0 radical (unpaired) electrons. The van der Waals surface area contributed by atoms with Crippen LogP contribution >= 0.6 is 0 Å². The van der Waals surface area contributed by atoms with Crippen molar-refractivity contribution in [3.8, 4) is 0 Å². The van der Waals surface area contributed by atoms with Gasteiger partial charge in [0.1, 0.15) is 11.6 Å². The third-order valence-electron chi connectivity index (χ3n) is 6.50. The summed E-state index contributed by atoms with van der Waals surface area (Å²) in [6.45, 7) is 2.22. The van der Waals surface area contributed by atoms with E-state index < -0.39 is 50.0 Å². The third-order valence-corrected chi connectivity index (χ3v) is 9.15. The van der Waals surface area contributed by atoms with Crippen LogP contribution in [0.2, 0.25) is 0 Å². The van der Waals surface area contributed by atoms with Gasteiger partial charge in [0.05, 0.1) is 17.1 Å². The Bertz CT molecular complexity index is 1120. The summed E-state index contributed by atoms with van der Waals surface area (Å²) < 4.78 is 62.3. The minimum atomic E-state index is -3.70. The number of carbonyl (C=O) groups is 1. The fourth-order valence-electron chi connectivity index (χ4n) is 4.32. The van der Waals surface area contributed by atoms with Crippen LogP contribution in [-0.4, -0.2) is 38.8 Å². The van der Waals surface area contributed by atoms with Crippen molar-refractivity contribution in [3.05, 3.63) is 70.8 Å². The molecule has 6 nitrogen and oxygen atoms in total. The molecule has 0 bridgehead atoms. The van der Waals surface area contributed by atoms with Crippen molar-refractivity contribution in [1.82, 2.24) is 5.32 Å². The first kappa shape index (κ1) is 23.8. The molecule has 2 aromatic rings. The zero-order valence-corrected chi connectivity index (χ0v) is 19.2. The molecule has 1 saturated heterocycles. The van der Waals surface area contributed by atoms with Crippen LogP contribution in [0.3, 0.4) is 0 Å². The number of carbonyl (C=O) groups excluding carboxylic acids is 1. The molecule has 1 unspecified atom stereocenters. The molecule has 1 aliphatic heterocycles. The van der Waals surface area contributed by atoms with Gasteiger partial charge in [-0.1, -0.05) is 30.3 Å². The smallest absolute Gasteiger partial charge is 0.251 e. The van der Waals surface area contributed by atoms with Crippen LogP contribution in [0.4, 0.5) is 8.78 Å². The zero-order chi connectivity index (χ0) is 23.8. The summed E-state index contributed by atoms with van der Waals surface area (Å²) in [7, 11) is -3.70. The Kier molecular flexibility index (Phi) is 6.83. The molecular formula is C24H28F2N2O4S. The monoisotopic (exact) mass is 478 g/mol. The van der Waals surface area contributed by atoms with Gasteiger partial charge in [-0.15, -0.1) is 0 Å². The van der Waals surface area contributed by atoms with Gasteiger partial charge in [0, 0.05) is 18.2 Å². The predicted molar refractivity (Wildman–Crippen MR) is 120 cm³/mol. The number of rotatable bonds is 8. The Morgan fingerprint density at radius 2 is 1.88 bits per heavy atom. The normalized spacial score (nSPS) is 25.5. The van der Waals surface area contributed by atoms with Gasteiger partial charge in [-0.2, -0.15) is 0 Å². The lowest BCUT2D eigenvalue weighted by atomic mass is 9.99. The Balaban J connectivity index is 1.59. The first-order chi connectivity index (χ1) is 15.7. The number of sulfone groups is 1. The average molecular weight is 479 g/mol. The number of benzene rings is 2. The molecule has 4 rings (SSSR count). The van der Waals surface area contributed by atoms with Crippen molar-refractivity contribution in [2.75, 3.05) is 13.2 Å². The minimum absolute atomic E-state index is 0.0717. The number of hydrogen-bond donors (Lipinski definition) is 2. The highest BCUT2D eigenvalue weighted by atomic mass is 32.2.